The van der Waals surface area contributed by atoms with Crippen molar-refractivity contribution >= 4 is 34.4 Å². The summed E-state index contributed by atoms with van der Waals surface area (Å²) < 4.78 is 3.46. The molecule has 1 saturated heterocycles. The molecule has 1 fully saturated rings. The van der Waals surface area contributed by atoms with E-state index in [2.05, 4.69) is 15.3 Å². The molecule has 0 spiro atoms. The quantitative estimate of drug-likeness (QED) is 0.707. The standard InChI is InChI=1S/C19H21ClN6O2/c1-24-13-7-4-3-6-12(13)22-14(24)8-9-21-17(27)16-15(23-19(20)25(16)2)18(28)26-10-5-11-26/h3-4,6-7H,5,8-11H2,1-2H3,(H,21,27). The van der Waals surface area contributed by atoms with Crippen molar-refractivity contribution < 1.29 is 9.59 Å². The van der Waals surface area contributed by atoms with E-state index in [9.17, 15) is 9.59 Å². The number of aromatic nitrogens is 4. The van der Waals surface area contributed by atoms with Crippen LogP contribution in [0.2, 0.25) is 5.28 Å². The van der Waals surface area contributed by atoms with Crippen LogP contribution in [0.4, 0.5) is 0 Å². The van der Waals surface area contributed by atoms with E-state index < -0.39 is 0 Å². The molecular weight excluding hydrogens is 380 g/mol. The Bertz CT molecular complexity index is 1070. The molecule has 2 aromatic heterocycles. The van der Waals surface area contributed by atoms with Gasteiger partial charge in [0.1, 0.15) is 11.5 Å². The van der Waals surface area contributed by atoms with Crippen molar-refractivity contribution in [3.8, 4) is 0 Å². The average molecular weight is 401 g/mol. The number of hydrogen-bond acceptors (Lipinski definition) is 4. The van der Waals surface area contributed by atoms with Crippen LogP contribution in [0.15, 0.2) is 24.3 Å². The maximum absolute atomic E-state index is 12.8. The highest BCUT2D eigenvalue weighted by Crippen LogP contribution is 2.19. The molecule has 0 atom stereocenters. The van der Waals surface area contributed by atoms with Gasteiger partial charge in [0, 0.05) is 40.2 Å². The Balaban J connectivity index is 1.48. The number of amides is 2. The van der Waals surface area contributed by atoms with Gasteiger partial charge in [-0.05, 0) is 30.2 Å². The molecule has 0 bridgehead atoms. The fourth-order valence-corrected chi connectivity index (χ4v) is 3.51. The molecule has 9 heteroatoms. The number of benzene rings is 1. The highest BCUT2D eigenvalue weighted by molar-refractivity contribution is 6.29. The lowest BCUT2D eigenvalue weighted by atomic mass is 10.2. The molecule has 0 saturated carbocycles. The van der Waals surface area contributed by atoms with Crippen molar-refractivity contribution in [2.45, 2.75) is 12.8 Å². The Labute approximate surface area is 167 Å². The highest BCUT2D eigenvalue weighted by atomic mass is 35.5. The zero-order valence-corrected chi connectivity index (χ0v) is 16.5. The Morgan fingerprint density at radius 2 is 1.89 bits per heavy atom. The number of halogens is 1. The first-order valence-electron chi connectivity index (χ1n) is 9.17. The smallest absolute Gasteiger partial charge is 0.274 e. The molecule has 3 aromatic rings. The van der Waals surface area contributed by atoms with Gasteiger partial charge in [-0.1, -0.05) is 12.1 Å². The average Bonchev–Trinajstić information content (AvgIpc) is 3.11. The molecule has 2 amide bonds. The summed E-state index contributed by atoms with van der Waals surface area (Å²) >= 11 is 6.07. The lowest BCUT2D eigenvalue weighted by Gasteiger charge is -2.30. The highest BCUT2D eigenvalue weighted by Gasteiger charge is 2.30. The molecule has 8 nitrogen and oxygen atoms in total. The number of carbonyl (C=O) groups is 2. The molecule has 146 valence electrons. The van der Waals surface area contributed by atoms with Gasteiger partial charge in [-0.25, -0.2) is 9.97 Å². The number of imidazole rings is 2. The molecule has 1 aliphatic rings. The Hall–Kier alpha value is -2.87. The second kappa shape index (κ2) is 7.27. The minimum absolute atomic E-state index is 0.104. The number of likely N-dealkylation sites (tertiary alicyclic amines) is 1. The molecule has 0 radical (unpaired) electrons. The minimum Gasteiger partial charge on any atom is -0.350 e. The summed E-state index contributed by atoms with van der Waals surface area (Å²) in [5, 5.41) is 2.98. The van der Waals surface area contributed by atoms with Crippen molar-refractivity contribution in [3.63, 3.8) is 0 Å². The Morgan fingerprint density at radius 3 is 2.57 bits per heavy atom. The summed E-state index contributed by atoms with van der Waals surface area (Å²) in [6, 6.07) is 7.89. The predicted molar refractivity (Wildman–Crippen MR) is 105 cm³/mol. The van der Waals surface area contributed by atoms with Crippen molar-refractivity contribution in [1.29, 1.82) is 0 Å². The third-order valence-electron chi connectivity index (χ3n) is 5.12. The number of nitrogens with zero attached hydrogens (tertiary/aromatic N) is 5. The molecule has 0 aliphatic carbocycles. The molecule has 1 aromatic carbocycles. The van der Waals surface area contributed by atoms with Gasteiger partial charge in [-0.15, -0.1) is 0 Å². The molecule has 28 heavy (non-hydrogen) atoms. The lowest BCUT2D eigenvalue weighted by molar-refractivity contribution is 0.0641. The Kier molecular flexibility index (Phi) is 4.80. The monoisotopic (exact) mass is 400 g/mol. The van der Waals surface area contributed by atoms with Gasteiger partial charge in [-0.3, -0.25) is 9.59 Å². The Morgan fingerprint density at radius 1 is 1.14 bits per heavy atom. The number of para-hydroxylation sites is 2. The van der Waals surface area contributed by atoms with E-state index in [1.54, 1.807) is 11.9 Å². The summed E-state index contributed by atoms with van der Waals surface area (Å²) in [6.45, 7) is 1.75. The van der Waals surface area contributed by atoms with Gasteiger partial charge >= 0.3 is 0 Å². The van der Waals surface area contributed by atoms with Crippen molar-refractivity contribution in [2.75, 3.05) is 19.6 Å². The van der Waals surface area contributed by atoms with Gasteiger partial charge in [0.2, 0.25) is 5.28 Å². The number of rotatable bonds is 5. The zero-order chi connectivity index (χ0) is 19.8. The first-order chi connectivity index (χ1) is 13.5. The van der Waals surface area contributed by atoms with Crippen LogP contribution in [-0.2, 0) is 20.5 Å². The first-order valence-corrected chi connectivity index (χ1v) is 9.55. The fraction of sp³-hybridized carbons (Fsp3) is 0.368. The summed E-state index contributed by atoms with van der Waals surface area (Å²) in [5.74, 6) is 0.250. The number of nitrogens with one attached hydrogen (secondary N) is 1. The molecule has 1 N–H and O–H groups in total. The number of fused-ring (bicyclic) bond motifs is 1. The van der Waals surface area contributed by atoms with E-state index in [4.69, 9.17) is 11.6 Å². The molecule has 1 aliphatic heterocycles. The van der Waals surface area contributed by atoms with Crippen LogP contribution < -0.4 is 5.32 Å². The van der Waals surface area contributed by atoms with Crippen LogP contribution in [-0.4, -0.2) is 55.5 Å². The van der Waals surface area contributed by atoms with Crippen LogP contribution in [0.5, 0.6) is 0 Å². The predicted octanol–water partition coefficient (Wildman–Crippen LogP) is 1.78. The second-order valence-electron chi connectivity index (χ2n) is 6.86. The summed E-state index contributed by atoms with van der Waals surface area (Å²) in [4.78, 5) is 35.7. The molecule has 4 rings (SSSR count). The van der Waals surface area contributed by atoms with Crippen LogP contribution in [0.3, 0.4) is 0 Å². The SMILES string of the molecule is Cn1c(Cl)nc(C(=O)N2CCC2)c1C(=O)NCCc1nc2ccccc2n1C. The van der Waals surface area contributed by atoms with E-state index in [-0.39, 0.29) is 28.5 Å². The molecule has 3 heterocycles. The third kappa shape index (κ3) is 3.13. The van der Waals surface area contributed by atoms with Gasteiger partial charge in [-0.2, -0.15) is 0 Å². The molecule has 0 unspecified atom stereocenters. The van der Waals surface area contributed by atoms with Crippen LogP contribution in [0, 0.1) is 0 Å². The van der Waals surface area contributed by atoms with E-state index in [0.29, 0.717) is 26.1 Å². The van der Waals surface area contributed by atoms with Crippen LogP contribution in [0.25, 0.3) is 11.0 Å². The normalized spacial score (nSPS) is 13.6. The second-order valence-corrected chi connectivity index (χ2v) is 7.20. The van der Waals surface area contributed by atoms with E-state index in [0.717, 1.165) is 23.3 Å². The fourth-order valence-electron chi connectivity index (χ4n) is 3.34. The summed E-state index contributed by atoms with van der Waals surface area (Å²) in [5.41, 5.74) is 2.26. The summed E-state index contributed by atoms with van der Waals surface area (Å²) in [7, 11) is 3.58. The van der Waals surface area contributed by atoms with Crippen molar-refractivity contribution in [1.82, 2.24) is 29.3 Å². The molecular formula is C19H21ClN6O2. The van der Waals surface area contributed by atoms with Gasteiger partial charge in [0.05, 0.1) is 11.0 Å². The van der Waals surface area contributed by atoms with Gasteiger partial charge in [0.25, 0.3) is 11.8 Å². The van der Waals surface area contributed by atoms with Crippen LogP contribution in [0.1, 0.15) is 33.2 Å². The zero-order valence-electron chi connectivity index (χ0n) is 15.8. The first kappa shape index (κ1) is 18.5. The van der Waals surface area contributed by atoms with Crippen molar-refractivity contribution in [2.24, 2.45) is 14.1 Å². The number of aryl methyl sites for hydroxylation is 1. The van der Waals surface area contributed by atoms with Gasteiger partial charge in [0.15, 0.2) is 5.69 Å². The van der Waals surface area contributed by atoms with Gasteiger partial charge < -0.3 is 19.4 Å². The van der Waals surface area contributed by atoms with Crippen LogP contribution >= 0.6 is 11.6 Å². The van der Waals surface area contributed by atoms with E-state index >= 15 is 0 Å². The largest absolute Gasteiger partial charge is 0.350 e. The summed E-state index contributed by atoms with van der Waals surface area (Å²) in [6.07, 6.45) is 1.53. The lowest BCUT2D eigenvalue weighted by Crippen LogP contribution is -2.43. The number of carbonyl (C=O) groups excluding carboxylic acids is 2. The maximum atomic E-state index is 12.8. The van der Waals surface area contributed by atoms with Crippen molar-refractivity contribution in [3.05, 3.63) is 46.8 Å². The third-order valence-corrected chi connectivity index (χ3v) is 5.45. The van der Waals surface area contributed by atoms with E-state index in [1.165, 1.54) is 4.57 Å². The number of hydrogen-bond donors (Lipinski definition) is 1. The van der Waals surface area contributed by atoms with E-state index in [1.807, 2.05) is 35.9 Å². The minimum atomic E-state index is -0.371. The topological polar surface area (TPSA) is 85.1 Å². The maximum Gasteiger partial charge on any atom is 0.274 e.